The first kappa shape index (κ1) is 28.2. The molecule has 2 aromatic carbocycles. The van der Waals surface area contributed by atoms with Crippen LogP contribution in [0, 0.1) is 18.2 Å². The van der Waals surface area contributed by atoms with E-state index in [1.165, 1.54) is 0 Å². The number of alkyl halides is 2. The maximum Gasteiger partial charge on any atom is 0.310 e. The highest BCUT2D eigenvalue weighted by Gasteiger charge is 2.52. The molecular weight excluding hydrogens is 569 g/mol. The van der Waals surface area contributed by atoms with Gasteiger partial charge in [-0.3, -0.25) is 0 Å². The summed E-state index contributed by atoms with van der Waals surface area (Å²) in [6, 6.07) is 10.9. The van der Waals surface area contributed by atoms with Crippen LogP contribution in [0.1, 0.15) is 61.5 Å². The molecule has 1 saturated heterocycles. The molecule has 0 bridgehead atoms. The van der Waals surface area contributed by atoms with Gasteiger partial charge in [0.1, 0.15) is 12.4 Å². The zero-order valence-electron chi connectivity index (χ0n) is 25.1. The quantitative estimate of drug-likeness (QED) is 0.282. The van der Waals surface area contributed by atoms with E-state index in [1.807, 2.05) is 25.1 Å². The molecule has 0 radical (unpaired) electrons. The molecule has 1 aliphatic carbocycles. The van der Waals surface area contributed by atoms with Gasteiger partial charge >= 0.3 is 5.92 Å². The van der Waals surface area contributed by atoms with Crippen molar-refractivity contribution in [2.24, 2.45) is 10.6 Å². The van der Waals surface area contributed by atoms with Crippen LogP contribution in [0.25, 0.3) is 11.8 Å². The SMILES string of the molecule is CC[Si](C)(CC)c1cc(C2CON=C3C(=Cc4ccc(-n5cnc(C)c5)c5c4C(F)(F)CO5)CC4(CC4)CN32)ccc1F. The number of aryl methyl sites for hydroxylation is 1. The molecule has 1 saturated carbocycles. The first-order valence-corrected chi connectivity index (χ1v) is 18.1. The number of oxime groups is 1. The molecular formula is C33H37F3N4O2Si. The van der Waals surface area contributed by atoms with Gasteiger partial charge in [-0.15, -0.1) is 0 Å². The molecule has 0 N–H and O–H groups in total. The largest absolute Gasteiger partial charge is 0.484 e. The summed E-state index contributed by atoms with van der Waals surface area (Å²) in [5.74, 6) is -2.40. The van der Waals surface area contributed by atoms with Crippen LogP contribution < -0.4 is 9.92 Å². The van der Waals surface area contributed by atoms with Gasteiger partial charge in [-0.05, 0) is 71.7 Å². The molecule has 10 heteroatoms. The van der Waals surface area contributed by atoms with E-state index in [1.54, 1.807) is 29.2 Å². The highest BCUT2D eigenvalue weighted by molar-refractivity contribution is 6.90. The number of aromatic nitrogens is 2. The normalized spacial score (nSPS) is 22.6. The Morgan fingerprint density at radius 2 is 1.93 bits per heavy atom. The summed E-state index contributed by atoms with van der Waals surface area (Å²) >= 11 is 0. The third-order valence-corrected chi connectivity index (χ3v) is 15.0. The van der Waals surface area contributed by atoms with Crippen LogP contribution >= 0.6 is 0 Å². The lowest BCUT2D eigenvalue weighted by Crippen LogP contribution is -2.49. The predicted molar refractivity (Wildman–Crippen MR) is 163 cm³/mol. The molecule has 4 aliphatic rings. The number of piperidine rings is 1. The number of imidazole rings is 1. The minimum absolute atomic E-state index is 0.0792. The molecule has 4 heterocycles. The number of hydrogen-bond acceptors (Lipinski definition) is 5. The maximum absolute atomic E-state index is 15.4. The monoisotopic (exact) mass is 606 g/mol. The topological polar surface area (TPSA) is 51.9 Å². The van der Waals surface area contributed by atoms with Gasteiger partial charge in [0.15, 0.2) is 18.2 Å². The summed E-state index contributed by atoms with van der Waals surface area (Å²) in [5, 5.41) is 5.35. The Morgan fingerprint density at radius 3 is 2.63 bits per heavy atom. The van der Waals surface area contributed by atoms with E-state index in [4.69, 9.17) is 9.57 Å². The van der Waals surface area contributed by atoms with E-state index in [-0.39, 0.29) is 28.6 Å². The maximum atomic E-state index is 15.4. The fourth-order valence-electron chi connectivity index (χ4n) is 6.94. The van der Waals surface area contributed by atoms with Gasteiger partial charge in [-0.2, -0.15) is 8.78 Å². The standard InChI is InChI=1S/C33H37F3N4O2Si/c1-5-43(4,6-2)28-14-22(7-9-25(28)34)27-17-42-38-31-24(15-32(11-12-32)18-40(27)31)13-23-8-10-26(39-16-21(3)37-20-39)30-29(23)33(35,36)19-41-30/h7-10,13-14,16,20,27H,5-6,11-12,15,17-19H2,1-4H3. The lowest BCUT2D eigenvalue weighted by Gasteiger charge is -2.44. The van der Waals surface area contributed by atoms with Gasteiger partial charge in [0.05, 0.1) is 37.4 Å². The second-order valence-electron chi connectivity index (χ2n) is 13.0. The number of benzene rings is 2. The number of halogens is 3. The molecule has 226 valence electrons. The van der Waals surface area contributed by atoms with Crippen molar-refractivity contribution in [3.8, 4) is 11.4 Å². The van der Waals surface area contributed by atoms with Crippen LogP contribution in [-0.2, 0) is 10.8 Å². The highest BCUT2D eigenvalue weighted by Crippen LogP contribution is 2.56. The van der Waals surface area contributed by atoms with Crippen LogP contribution in [0.15, 0.2) is 53.6 Å². The number of fused-ring (bicyclic) bond motifs is 2. The van der Waals surface area contributed by atoms with Crippen LogP contribution in [-0.4, -0.2) is 48.1 Å². The Hall–Kier alpha value is -3.53. The van der Waals surface area contributed by atoms with Crippen LogP contribution in [0.5, 0.6) is 5.75 Å². The van der Waals surface area contributed by atoms with Gasteiger partial charge in [0.25, 0.3) is 0 Å². The van der Waals surface area contributed by atoms with E-state index in [9.17, 15) is 0 Å². The second-order valence-corrected chi connectivity index (χ2v) is 18.1. The molecule has 3 aliphatic heterocycles. The minimum Gasteiger partial charge on any atom is -0.484 e. The Balaban J connectivity index is 1.30. The number of hydrogen-bond donors (Lipinski definition) is 0. The molecule has 7 rings (SSSR count). The summed E-state index contributed by atoms with van der Waals surface area (Å²) in [6.07, 6.45) is 8.15. The van der Waals surface area contributed by atoms with Gasteiger partial charge in [-0.25, -0.2) is 9.37 Å². The summed E-state index contributed by atoms with van der Waals surface area (Å²) in [6.45, 7) is 8.89. The third-order valence-electron chi connectivity index (χ3n) is 10.2. The van der Waals surface area contributed by atoms with Crippen molar-refractivity contribution in [1.82, 2.24) is 14.5 Å². The summed E-state index contributed by atoms with van der Waals surface area (Å²) in [5.41, 5.74) is 3.62. The molecule has 1 aromatic heterocycles. The first-order valence-electron chi connectivity index (χ1n) is 15.2. The zero-order chi connectivity index (χ0) is 30.1. The number of ether oxygens (including phenoxy) is 1. The van der Waals surface area contributed by atoms with Gasteiger partial charge in [0.2, 0.25) is 0 Å². The highest BCUT2D eigenvalue weighted by atomic mass is 28.3. The Labute approximate surface area is 251 Å². The van der Waals surface area contributed by atoms with Crippen molar-refractivity contribution >= 4 is 25.2 Å². The average molecular weight is 607 g/mol. The van der Waals surface area contributed by atoms with E-state index in [0.717, 1.165) is 59.9 Å². The molecule has 1 spiro atoms. The Bertz CT molecular complexity index is 1660. The van der Waals surface area contributed by atoms with Crippen molar-refractivity contribution in [3.63, 3.8) is 0 Å². The molecule has 1 atom stereocenters. The van der Waals surface area contributed by atoms with Gasteiger partial charge in [0, 0.05) is 12.7 Å². The number of amidine groups is 1. The van der Waals surface area contributed by atoms with Crippen molar-refractivity contribution in [3.05, 3.63) is 76.6 Å². The van der Waals surface area contributed by atoms with Crippen molar-refractivity contribution in [2.75, 3.05) is 19.8 Å². The zero-order valence-corrected chi connectivity index (χ0v) is 26.1. The lowest BCUT2D eigenvalue weighted by molar-refractivity contribution is -0.0215. The fourth-order valence-corrected chi connectivity index (χ4v) is 9.38. The third kappa shape index (κ3) is 4.69. The number of rotatable bonds is 6. The molecule has 1 unspecified atom stereocenters. The van der Waals surface area contributed by atoms with Crippen molar-refractivity contribution in [1.29, 1.82) is 0 Å². The molecule has 6 nitrogen and oxygen atoms in total. The summed E-state index contributed by atoms with van der Waals surface area (Å²) < 4.78 is 53.3. The molecule has 43 heavy (non-hydrogen) atoms. The Morgan fingerprint density at radius 1 is 1.14 bits per heavy atom. The molecule has 2 fully saturated rings. The minimum atomic E-state index is -3.13. The van der Waals surface area contributed by atoms with Crippen LogP contribution in [0.2, 0.25) is 18.6 Å². The lowest BCUT2D eigenvalue weighted by atomic mass is 9.86. The Kier molecular flexibility index (Phi) is 6.57. The summed E-state index contributed by atoms with van der Waals surface area (Å²) in [4.78, 5) is 12.4. The van der Waals surface area contributed by atoms with Crippen molar-refractivity contribution < 1.29 is 22.7 Å². The second kappa shape index (κ2) is 10.0. The van der Waals surface area contributed by atoms with E-state index >= 15 is 13.2 Å². The average Bonchev–Trinajstić information content (AvgIpc) is 3.44. The smallest absolute Gasteiger partial charge is 0.310 e. The molecule has 0 amide bonds. The summed E-state index contributed by atoms with van der Waals surface area (Å²) in [7, 11) is -1.95. The van der Waals surface area contributed by atoms with E-state index in [2.05, 4.69) is 41.5 Å². The van der Waals surface area contributed by atoms with E-state index in [0.29, 0.717) is 23.7 Å². The van der Waals surface area contributed by atoms with Gasteiger partial charge in [-0.1, -0.05) is 55.8 Å². The number of nitrogens with zero attached hydrogens (tertiary/aromatic N) is 4. The van der Waals surface area contributed by atoms with E-state index < -0.39 is 20.6 Å². The van der Waals surface area contributed by atoms with Crippen LogP contribution in [0.3, 0.4) is 0 Å². The molecule has 3 aromatic rings. The van der Waals surface area contributed by atoms with Gasteiger partial charge < -0.3 is 19.0 Å². The predicted octanol–water partition coefficient (Wildman–Crippen LogP) is 7.08. The van der Waals surface area contributed by atoms with Crippen molar-refractivity contribution in [2.45, 2.75) is 70.6 Å². The fraction of sp³-hybridized carbons (Fsp3) is 0.455. The first-order chi connectivity index (χ1) is 20.6. The van der Waals surface area contributed by atoms with Crippen LogP contribution in [0.4, 0.5) is 13.2 Å².